The van der Waals surface area contributed by atoms with E-state index in [-0.39, 0.29) is 0 Å². The summed E-state index contributed by atoms with van der Waals surface area (Å²) in [7, 11) is 0. The molecule has 1 atom stereocenters. The first kappa shape index (κ1) is 14.0. The van der Waals surface area contributed by atoms with Crippen molar-refractivity contribution in [3.05, 3.63) is 42.5 Å². The molecule has 0 fully saturated rings. The molecule has 1 N–H and O–H groups in total. The highest BCUT2D eigenvalue weighted by Crippen LogP contribution is 2.27. The van der Waals surface area contributed by atoms with Gasteiger partial charge in [-0.05, 0) is 25.1 Å². The average molecular weight is 284 g/mol. The number of nitrogens with zero attached hydrogens (tertiary/aromatic N) is 3. The summed E-state index contributed by atoms with van der Waals surface area (Å²) in [6.45, 7) is 1.46. The fraction of sp³-hybridized carbons (Fsp3) is 0.250. The molecule has 2 heterocycles. The van der Waals surface area contributed by atoms with Gasteiger partial charge in [0.25, 0.3) is 0 Å². The summed E-state index contributed by atoms with van der Waals surface area (Å²) in [6, 6.07) is 3.12. The Morgan fingerprint density at radius 2 is 1.95 bits per heavy atom. The number of amides is 1. The number of nitrogens with one attached hydrogen (secondary N) is 1. The third-order valence-corrected chi connectivity index (χ3v) is 2.62. The minimum absolute atomic E-state index is 0.465. The van der Waals surface area contributed by atoms with E-state index in [1.807, 2.05) is 0 Å². The van der Waals surface area contributed by atoms with Crippen LogP contribution in [0.1, 0.15) is 18.7 Å². The first-order valence-electron chi connectivity index (χ1n) is 5.71. The molecule has 106 valence electrons. The highest BCUT2D eigenvalue weighted by Gasteiger charge is 2.34. The van der Waals surface area contributed by atoms with Crippen molar-refractivity contribution in [2.45, 2.75) is 19.1 Å². The van der Waals surface area contributed by atoms with E-state index in [1.54, 1.807) is 12.1 Å². The van der Waals surface area contributed by atoms with Crippen molar-refractivity contribution >= 4 is 11.6 Å². The van der Waals surface area contributed by atoms with E-state index >= 15 is 0 Å². The molecular formula is C12H11F3N4O. The molecule has 8 heteroatoms. The van der Waals surface area contributed by atoms with Gasteiger partial charge in [-0.2, -0.15) is 18.3 Å². The van der Waals surface area contributed by atoms with Gasteiger partial charge >= 0.3 is 6.18 Å². The van der Waals surface area contributed by atoms with E-state index < -0.39 is 23.8 Å². The van der Waals surface area contributed by atoms with E-state index in [9.17, 15) is 18.0 Å². The molecule has 0 bridgehead atoms. The predicted octanol–water partition coefficient (Wildman–Crippen LogP) is 2.50. The Morgan fingerprint density at radius 3 is 2.50 bits per heavy atom. The SMILES string of the molecule is CC(C(=O)Nc1ccncc1)n1ccc(C(F)(F)F)n1. The van der Waals surface area contributed by atoms with Crippen LogP contribution in [0.3, 0.4) is 0 Å². The lowest BCUT2D eigenvalue weighted by Crippen LogP contribution is -2.24. The van der Waals surface area contributed by atoms with Crippen molar-refractivity contribution in [3.63, 3.8) is 0 Å². The fourth-order valence-corrected chi connectivity index (χ4v) is 1.51. The van der Waals surface area contributed by atoms with Gasteiger partial charge in [-0.15, -0.1) is 0 Å². The quantitative estimate of drug-likeness (QED) is 0.942. The monoisotopic (exact) mass is 284 g/mol. The van der Waals surface area contributed by atoms with Crippen LogP contribution in [0.2, 0.25) is 0 Å². The maximum absolute atomic E-state index is 12.4. The van der Waals surface area contributed by atoms with Crippen LogP contribution in [0.15, 0.2) is 36.8 Å². The van der Waals surface area contributed by atoms with Crippen LogP contribution in [0.4, 0.5) is 18.9 Å². The number of rotatable bonds is 3. The van der Waals surface area contributed by atoms with Gasteiger partial charge in [0.15, 0.2) is 5.69 Å². The lowest BCUT2D eigenvalue weighted by Gasteiger charge is -2.12. The van der Waals surface area contributed by atoms with Gasteiger partial charge in [-0.1, -0.05) is 0 Å². The second kappa shape index (κ2) is 5.32. The van der Waals surface area contributed by atoms with Crippen LogP contribution < -0.4 is 5.32 Å². The smallest absolute Gasteiger partial charge is 0.324 e. The molecule has 0 aromatic carbocycles. The molecule has 2 aromatic heterocycles. The molecule has 0 saturated heterocycles. The van der Waals surface area contributed by atoms with Crippen LogP contribution in [0.5, 0.6) is 0 Å². The standard InChI is InChI=1S/C12H11F3N4O/c1-8(11(20)17-9-2-5-16-6-3-9)19-7-4-10(18-19)12(13,14)15/h2-8H,1H3,(H,16,17,20). The zero-order chi connectivity index (χ0) is 14.8. The van der Waals surface area contributed by atoms with Crippen molar-refractivity contribution < 1.29 is 18.0 Å². The Bertz CT molecular complexity index is 594. The van der Waals surface area contributed by atoms with Crippen molar-refractivity contribution in [2.24, 2.45) is 0 Å². The minimum atomic E-state index is -4.52. The van der Waals surface area contributed by atoms with Gasteiger partial charge in [-0.25, -0.2) is 0 Å². The van der Waals surface area contributed by atoms with Crippen molar-refractivity contribution in [1.29, 1.82) is 0 Å². The van der Waals surface area contributed by atoms with Gasteiger partial charge in [0.1, 0.15) is 6.04 Å². The number of hydrogen-bond donors (Lipinski definition) is 1. The number of hydrogen-bond acceptors (Lipinski definition) is 3. The van der Waals surface area contributed by atoms with Gasteiger partial charge < -0.3 is 5.32 Å². The molecule has 0 saturated carbocycles. The fourth-order valence-electron chi connectivity index (χ4n) is 1.51. The maximum Gasteiger partial charge on any atom is 0.435 e. The molecular weight excluding hydrogens is 273 g/mol. The number of pyridine rings is 1. The summed E-state index contributed by atoms with van der Waals surface area (Å²) in [5, 5.41) is 5.93. The number of carbonyl (C=O) groups excluding carboxylic acids is 1. The Balaban J connectivity index is 2.09. The molecule has 0 aliphatic rings. The normalized spacial score (nSPS) is 13.0. The van der Waals surface area contributed by atoms with E-state index in [4.69, 9.17) is 0 Å². The molecule has 1 unspecified atom stereocenters. The van der Waals surface area contributed by atoms with Crippen LogP contribution in [-0.4, -0.2) is 20.7 Å². The third kappa shape index (κ3) is 3.14. The van der Waals surface area contributed by atoms with E-state index in [0.717, 1.165) is 16.9 Å². The Labute approximate surface area is 112 Å². The number of anilines is 1. The van der Waals surface area contributed by atoms with Gasteiger partial charge in [0.05, 0.1) is 0 Å². The Hall–Kier alpha value is -2.38. The summed E-state index contributed by atoms with van der Waals surface area (Å²) in [6.07, 6.45) is -0.405. The molecule has 2 aromatic rings. The second-order valence-corrected chi connectivity index (χ2v) is 4.08. The molecule has 0 aliphatic heterocycles. The third-order valence-electron chi connectivity index (χ3n) is 2.62. The molecule has 1 amide bonds. The summed E-state index contributed by atoms with van der Waals surface area (Å²) in [5.74, 6) is -0.465. The Morgan fingerprint density at radius 1 is 1.30 bits per heavy atom. The van der Waals surface area contributed by atoms with Crippen LogP contribution >= 0.6 is 0 Å². The lowest BCUT2D eigenvalue weighted by molar-refractivity contribution is -0.141. The molecule has 0 spiro atoms. The summed E-state index contributed by atoms with van der Waals surface area (Å²) < 4.78 is 38.3. The molecule has 0 radical (unpaired) electrons. The number of alkyl halides is 3. The van der Waals surface area contributed by atoms with Crippen molar-refractivity contribution in [1.82, 2.24) is 14.8 Å². The predicted molar refractivity (Wildman–Crippen MR) is 64.8 cm³/mol. The number of aromatic nitrogens is 3. The zero-order valence-corrected chi connectivity index (χ0v) is 10.4. The Kier molecular flexibility index (Phi) is 3.73. The van der Waals surface area contributed by atoms with Crippen molar-refractivity contribution in [2.75, 3.05) is 5.32 Å². The highest BCUT2D eigenvalue weighted by atomic mass is 19.4. The van der Waals surface area contributed by atoms with E-state index in [1.165, 1.54) is 19.3 Å². The van der Waals surface area contributed by atoms with Crippen LogP contribution in [0.25, 0.3) is 0 Å². The topological polar surface area (TPSA) is 59.8 Å². The minimum Gasteiger partial charge on any atom is -0.324 e. The number of halogens is 3. The molecule has 2 rings (SSSR count). The molecule has 20 heavy (non-hydrogen) atoms. The maximum atomic E-state index is 12.4. The second-order valence-electron chi connectivity index (χ2n) is 4.08. The van der Waals surface area contributed by atoms with Crippen molar-refractivity contribution in [3.8, 4) is 0 Å². The largest absolute Gasteiger partial charge is 0.435 e. The molecule has 5 nitrogen and oxygen atoms in total. The van der Waals surface area contributed by atoms with Gasteiger partial charge in [0, 0.05) is 24.3 Å². The summed E-state index contributed by atoms with van der Waals surface area (Å²) in [4.78, 5) is 15.7. The van der Waals surface area contributed by atoms with Gasteiger partial charge in [0.2, 0.25) is 5.91 Å². The first-order chi connectivity index (χ1) is 9.38. The van der Waals surface area contributed by atoms with Crippen LogP contribution in [0, 0.1) is 0 Å². The van der Waals surface area contributed by atoms with E-state index in [0.29, 0.717) is 5.69 Å². The van der Waals surface area contributed by atoms with Crippen LogP contribution in [-0.2, 0) is 11.0 Å². The zero-order valence-electron chi connectivity index (χ0n) is 10.4. The first-order valence-corrected chi connectivity index (χ1v) is 5.71. The summed E-state index contributed by atoms with van der Waals surface area (Å²) >= 11 is 0. The highest BCUT2D eigenvalue weighted by molar-refractivity contribution is 5.93. The average Bonchev–Trinajstić information content (AvgIpc) is 2.88. The number of carbonyl (C=O) groups is 1. The van der Waals surface area contributed by atoms with E-state index in [2.05, 4.69) is 15.4 Å². The van der Waals surface area contributed by atoms with Gasteiger partial charge in [-0.3, -0.25) is 14.5 Å². The molecule has 0 aliphatic carbocycles. The summed E-state index contributed by atoms with van der Waals surface area (Å²) in [5.41, 5.74) is -0.513. The lowest BCUT2D eigenvalue weighted by atomic mass is 10.3.